The molecule has 11 aromatic rings. The topological polar surface area (TPSA) is 90.7 Å². The second-order valence-electron chi connectivity index (χ2n) is 12.9. The molecule has 6 aromatic carbocycles. The largest absolute Gasteiger partial charge is 0.456 e. The van der Waals surface area contributed by atoms with Crippen molar-refractivity contribution in [3.8, 4) is 45.3 Å². The third-order valence-corrected chi connectivity index (χ3v) is 9.93. The molecule has 0 aliphatic rings. The Labute approximate surface area is 295 Å². The molecule has 0 amide bonds. The minimum absolute atomic E-state index is 0.556. The first-order chi connectivity index (χ1) is 25.8. The molecule has 0 spiro atoms. The van der Waals surface area contributed by atoms with Gasteiger partial charge in [0.2, 0.25) is 0 Å². The Morgan fingerprint density at radius 2 is 0.942 bits per heavy atom. The Hall–Kier alpha value is -7.25. The van der Waals surface area contributed by atoms with Gasteiger partial charge in [0.05, 0.1) is 0 Å². The normalized spacial score (nSPS) is 11.8. The van der Waals surface area contributed by atoms with E-state index in [4.69, 9.17) is 23.8 Å². The molecule has 0 radical (unpaired) electrons. The third-order valence-electron chi connectivity index (χ3n) is 9.93. The Morgan fingerprint density at radius 1 is 0.365 bits per heavy atom. The van der Waals surface area contributed by atoms with Crippen LogP contribution < -0.4 is 0 Å². The summed E-state index contributed by atoms with van der Waals surface area (Å²) in [5.74, 6) is 1.72. The zero-order chi connectivity index (χ0) is 34.2. The number of hydrogen-bond donors (Lipinski definition) is 0. The average molecular weight is 668 g/mol. The standard InChI is InChI=1S/C45H25N5O2/c1-2-8-27-23-28(16-15-26(27)7-1)43-48-44(50-45(49-43)34-12-6-14-40-42(34)36-25-47-22-20-38(36)52-40)33-18-17-31(29-9-3-4-10-30(29)33)32-11-5-13-39-41(32)35-24-46-21-19-37(35)51-39/h1-25H. The molecule has 7 heteroatoms. The van der Waals surface area contributed by atoms with Crippen LogP contribution in [0.5, 0.6) is 0 Å². The van der Waals surface area contributed by atoms with Gasteiger partial charge in [-0.25, -0.2) is 15.0 Å². The van der Waals surface area contributed by atoms with Gasteiger partial charge in [-0.3, -0.25) is 9.97 Å². The van der Waals surface area contributed by atoms with Gasteiger partial charge >= 0.3 is 0 Å². The van der Waals surface area contributed by atoms with Crippen molar-refractivity contribution < 1.29 is 8.83 Å². The molecular formula is C45H25N5O2. The number of furan rings is 2. The first-order valence-corrected chi connectivity index (χ1v) is 17.1. The number of aromatic nitrogens is 5. The van der Waals surface area contributed by atoms with Crippen LogP contribution in [-0.2, 0) is 0 Å². The molecule has 0 bridgehead atoms. The molecule has 0 aliphatic heterocycles. The van der Waals surface area contributed by atoms with Crippen LogP contribution >= 0.6 is 0 Å². The van der Waals surface area contributed by atoms with Crippen molar-refractivity contribution in [2.75, 3.05) is 0 Å². The molecule has 0 atom stereocenters. The van der Waals surface area contributed by atoms with E-state index in [1.165, 1.54) is 0 Å². The summed E-state index contributed by atoms with van der Waals surface area (Å²) >= 11 is 0. The van der Waals surface area contributed by atoms with Gasteiger partial charge in [0.25, 0.3) is 0 Å². The quantitative estimate of drug-likeness (QED) is 0.184. The van der Waals surface area contributed by atoms with Crippen LogP contribution in [0, 0.1) is 0 Å². The minimum atomic E-state index is 0.556. The molecular weight excluding hydrogens is 643 g/mol. The third kappa shape index (κ3) is 4.36. The highest BCUT2D eigenvalue weighted by Crippen LogP contribution is 2.42. The van der Waals surface area contributed by atoms with Crippen LogP contribution in [0.15, 0.2) is 161 Å². The van der Waals surface area contributed by atoms with Crippen LogP contribution in [0.25, 0.3) is 111 Å². The van der Waals surface area contributed by atoms with Gasteiger partial charge in [0.15, 0.2) is 17.5 Å². The van der Waals surface area contributed by atoms with Gasteiger partial charge < -0.3 is 8.83 Å². The molecule has 52 heavy (non-hydrogen) atoms. The molecule has 11 rings (SSSR count). The van der Waals surface area contributed by atoms with E-state index >= 15 is 0 Å². The summed E-state index contributed by atoms with van der Waals surface area (Å²) in [5, 5.41) is 8.23. The Kier molecular flexibility index (Phi) is 6.12. The molecule has 0 saturated carbocycles. The Bertz CT molecular complexity index is 3220. The Balaban J connectivity index is 1.17. The maximum Gasteiger partial charge on any atom is 0.164 e. The van der Waals surface area contributed by atoms with Crippen molar-refractivity contribution in [3.63, 3.8) is 0 Å². The fraction of sp³-hybridized carbons (Fsp3) is 0. The maximum absolute atomic E-state index is 6.24. The number of hydrogen-bond acceptors (Lipinski definition) is 7. The number of nitrogens with zero attached hydrogens (tertiary/aromatic N) is 5. The molecule has 5 aromatic heterocycles. The van der Waals surface area contributed by atoms with Crippen LogP contribution in [-0.4, -0.2) is 24.9 Å². The molecule has 7 nitrogen and oxygen atoms in total. The van der Waals surface area contributed by atoms with Gasteiger partial charge in [-0.1, -0.05) is 91.0 Å². The van der Waals surface area contributed by atoms with Gasteiger partial charge in [-0.2, -0.15) is 0 Å². The van der Waals surface area contributed by atoms with E-state index in [1.807, 2.05) is 67.0 Å². The van der Waals surface area contributed by atoms with Gasteiger partial charge in [-0.05, 0) is 69.1 Å². The monoisotopic (exact) mass is 667 g/mol. The predicted octanol–water partition coefficient (Wildman–Crippen LogP) is 11.4. The lowest BCUT2D eigenvalue weighted by atomic mass is 9.92. The van der Waals surface area contributed by atoms with E-state index in [0.717, 1.165) is 93.2 Å². The molecule has 0 N–H and O–H groups in total. The smallest absolute Gasteiger partial charge is 0.164 e. The van der Waals surface area contributed by atoms with Crippen molar-refractivity contribution in [2.24, 2.45) is 0 Å². The van der Waals surface area contributed by atoms with Crippen molar-refractivity contribution in [1.29, 1.82) is 0 Å². The summed E-state index contributed by atoms with van der Waals surface area (Å²) in [6.07, 6.45) is 7.21. The second-order valence-corrected chi connectivity index (χ2v) is 12.9. The van der Waals surface area contributed by atoms with E-state index in [9.17, 15) is 0 Å². The van der Waals surface area contributed by atoms with E-state index < -0.39 is 0 Å². The molecule has 0 aliphatic carbocycles. The highest BCUT2D eigenvalue weighted by Gasteiger charge is 2.21. The fourth-order valence-corrected chi connectivity index (χ4v) is 7.56. The first-order valence-electron chi connectivity index (χ1n) is 17.1. The number of fused-ring (bicyclic) bond motifs is 8. The van der Waals surface area contributed by atoms with E-state index in [1.54, 1.807) is 12.4 Å². The maximum atomic E-state index is 6.24. The summed E-state index contributed by atoms with van der Waals surface area (Å²) in [4.78, 5) is 24.4. The lowest BCUT2D eigenvalue weighted by Gasteiger charge is -2.14. The lowest BCUT2D eigenvalue weighted by Crippen LogP contribution is -2.01. The Morgan fingerprint density at radius 3 is 1.67 bits per heavy atom. The van der Waals surface area contributed by atoms with Crippen LogP contribution in [0.2, 0.25) is 0 Å². The van der Waals surface area contributed by atoms with Crippen molar-refractivity contribution >= 4 is 65.4 Å². The molecule has 5 heterocycles. The first kappa shape index (κ1) is 28.6. The van der Waals surface area contributed by atoms with Crippen molar-refractivity contribution in [3.05, 3.63) is 152 Å². The van der Waals surface area contributed by atoms with Crippen LogP contribution in [0.3, 0.4) is 0 Å². The molecule has 0 saturated heterocycles. The molecule has 0 unspecified atom stereocenters. The molecule has 242 valence electrons. The summed E-state index contributed by atoms with van der Waals surface area (Å²) in [6, 6.07) is 43.4. The van der Waals surface area contributed by atoms with Crippen molar-refractivity contribution in [2.45, 2.75) is 0 Å². The van der Waals surface area contributed by atoms with Crippen LogP contribution in [0.4, 0.5) is 0 Å². The molecule has 0 fully saturated rings. The number of pyridine rings is 2. The lowest BCUT2D eigenvalue weighted by molar-refractivity contribution is 0.668. The predicted molar refractivity (Wildman–Crippen MR) is 207 cm³/mol. The zero-order valence-corrected chi connectivity index (χ0v) is 27.5. The van der Waals surface area contributed by atoms with Gasteiger partial charge in [0.1, 0.15) is 22.3 Å². The van der Waals surface area contributed by atoms with E-state index in [2.05, 4.69) is 82.8 Å². The van der Waals surface area contributed by atoms with E-state index in [-0.39, 0.29) is 0 Å². The van der Waals surface area contributed by atoms with Crippen LogP contribution in [0.1, 0.15) is 0 Å². The minimum Gasteiger partial charge on any atom is -0.456 e. The summed E-state index contributed by atoms with van der Waals surface area (Å²) in [6.45, 7) is 0. The average Bonchev–Trinajstić information content (AvgIpc) is 3.79. The number of benzene rings is 6. The highest BCUT2D eigenvalue weighted by atomic mass is 16.3. The van der Waals surface area contributed by atoms with E-state index in [0.29, 0.717) is 17.5 Å². The SMILES string of the molecule is c1ccc2cc(-c3nc(-c4ccc(-c5cccc6oc7ccncc7c56)c5ccccc45)nc(-c4cccc5oc6ccncc6c45)n3)ccc2c1. The summed E-state index contributed by atoms with van der Waals surface area (Å²) < 4.78 is 12.5. The van der Waals surface area contributed by atoms with Gasteiger partial charge in [0, 0.05) is 63.0 Å². The summed E-state index contributed by atoms with van der Waals surface area (Å²) in [5.41, 5.74) is 7.97. The van der Waals surface area contributed by atoms with Crippen molar-refractivity contribution in [1.82, 2.24) is 24.9 Å². The summed E-state index contributed by atoms with van der Waals surface area (Å²) in [7, 11) is 0. The zero-order valence-electron chi connectivity index (χ0n) is 27.5. The van der Waals surface area contributed by atoms with Gasteiger partial charge in [-0.15, -0.1) is 0 Å². The highest BCUT2D eigenvalue weighted by molar-refractivity contribution is 6.16. The number of rotatable bonds is 4. The fourth-order valence-electron chi connectivity index (χ4n) is 7.56. The second kappa shape index (κ2) is 11.1.